The summed E-state index contributed by atoms with van der Waals surface area (Å²) in [4.78, 5) is 0. The van der Waals surface area contributed by atoms with Gasteiger partial charge in [-0.15, -0.1) is 11.3 Å². The smallest absolute Gasteiger partial charge is 0.148 e. The molecule has 2 atom stereocenters. The van der Waals surface area contributed by atoms with E-state index in [-0.39, 0.29) is 12.0 Å². The third kappa shape index (κ3) is 3.53. The first-order chi connectivity index (χ1) is 23.8. The molecule has 0 saturated carbocycles. The van der Waals surface area contributed by atoms with Crippen LogP contribution in [0.15, 0.2) is 158 Å². The second kappa shape index (κ2) is 9.83. The number of fused-ring (bicyclic) bond motifs is 11. The summed E-state index contributed by atoms with van der Waals surface area (Å²) in [5, 5.41) is 6.33. The highest BCUT2D eigenvalue weighted by Gasteiger charge is 2.35. The van der Waals surface area contributed by atoms with Crippen molar-refractivity contribution in [2.24, 2.45) is 0 Å². The molecule has 6 aromatic carbocycles. The number of aromatic nitrogens is 2. The molecule has 0 spiro atoms. The van der Waals surface area contributed by atoms with Crippen LogP contribution < -0.4 is 4.74 Å². The van der Waals surface area contributed by atoms with Gasteiger partial charge in [0.05, 0.1) is 16.7 Å². The molecule has 11 rings (SSSR count). The molecule has 3 aromatic heterocycles. The molecule has 0 saturated heterocycles. The van der Waals surface area contributed by atoms with Crippen molar-refractivity contribution in [2.75, 3.05) is 0 Å². The SMILES string of the molecule is C1=CC2Oc3c(cccc3-n3c4ccccc4c4c5c(-c6ccccc6)cccc5n(-c5ccc6sc7ccccc7c6c5)c43)C2C=C1. The summed E-state index contributed by atoms with van der Waals surface area (Å²) >= 11 is 1.86. The maximum atomic E-state index is 6.81. The van der Waals surface area contributed by atoms with E-state index in [0.29, 0.717) is 0 Å². The molecule has 0 radical (unpaired) electrons. The van der Waals surface area contributed by atoms with Gasteiger partial charge in [0.15, 0.2) is 0 Å². The van der Waals surface area contributed by atoms with Crippen LogP contribution >= 0.6 is 11.3 Å². The molecule has 1 aliphatic carbocycles. The van der Waals surface area contributed by atoms with Gasteiger partial charge >= 0.3 is 0 Å². The maximum Gasteiger partial charge on any atom is 0.148 e. The molecule has 4 heterocycles. The number of benzene rings is 6. The number of hydrogen-bond acceptors (Lipinski definition) is 2. The number of nitrogens with zero attached hydrogens (tertiary/aromatic N) is 2. The van der Waals surface area contributed by atoms with E-state index in [9.17, 15) is 0 Å². The van der Waals surface area contributed by atoms with Crippen LogP contribution in [0.4, 0.5) is 0 Å². The summed E-state index contributed by atoms with van der Waals surface area (Å²) in [6.07, 6.45) is 8.70. The molecule has 226 valence electrons. The van der Waals surface area contributed by atoms with Gasteiger partial charge in [0.1, 0.15) is 17.5 Å². The van der Waals surface area contributed by atoms with Crippen LogP contribution in [0.2, 0.25) is 0 Å². The Kier molecular flexibility index (Phi) is 5.38. The first-order valence-electron chi connectivity index (χ1n) is 16.5. The number of thiophene rings is 1. The second-order valence-electron chi connectivity index (χ2n) is 12.8. The fourth-order valence-corrected chi connectivity index (χ4v) is 9.32. The van der Waals surface area contributed by atoms with Crippen LogP contribution in [-0.4, -0.2) is 15.2 Å². The van der Waals surface area contributed by atoms with Crippen LogP contribution in [0.1, 0.15) is 11.5 Å². The van der Waals surface area contributed by atoms with E-state index in [1.165, 1.54) is 64.1 Å². The number of hydrogen-bond donors (Lipinski definition) is 0. The Bertz CT molecular complexity index is 2830. The van der Waals surface area contributed by atoms with Crippen molar-refractivity contribution in [3.8, 4) is 28.3 Å². The molecule has 2 aliphatic rings. The molecule has 0 fully saturated rings. The van der Waals surface area contributed by atoms with E-state index in [2.05, 4.69) is 167 Å². The quantitative estimate of drug-likeness (QED) is 0.190. The van der Waals surface area contributed by atoms with E-state index < -0.39 is 0 Å². The van der Waals surface area contributed by atoms with Gasteiger partial charge in [-0.25, -0.2) is 0 Å². The predicted molar refractivity (Wildman–Crippen MR) is 201 cm³/mol. The zero-order valence-electron chi connectivity index (χ0n) is 25.9. The third-order valence-corrected chi connectivity index (χ3v) is 11.4. The molecule has 3 nitrogen and oxygen atoms in total. The topological polar surface area (TPSA) is 19.1 Å². The van der Waals surface area contributed by atoms with Gasteiger partial charge in [0.25, 0.3) is 0 Å². The number of para-hydroxylation sites is 2. The summed E-state index contributed by atoms with van der Waals surface area (Å²) in [6, 6.07) is 48.8. The van der Waals surface area contributed by atoms with Crippen molar-refractivity contribution >= 4 is 64.3 Å². The minimum atomic E-state index is 0.00767. The summed E-state index contributed by atoms with van der Waals surface area (Å²) in [5.41, 5.74) is 9.40. The Morgan fingerprint density at radius 2 is 1.33 bits per heavy atom. The molecule has 48 heavy (non-hydrogen) atoms. The fraction of sp³-hybridized carbons (Fsp3) is 0.0455. The van der Waals surface area contributed by atoms with Crippen molar-refractivity contribution < 1.29 is 4.74 Å². The standard InChI is InChI=1S/C44H28N2OS/c1-2-12-27(13-3-1)29-17-10-20-36-41(29)42-33-16-4-7-19-35(33)46(37-21-11-18-32-30-14-5-8-22-38(30)47-43(32)37)44(42)45(36)28-24-25-40-34(26-28)31-15-6-9-23-39(31)48-40/h1-26,30,38H. The molecule has 0 N–H and O–H groups in total. The number of allylic oxidation sites excluding steroid dienone is 2. The zero-order chi connectivity index (χ0) is 31.3. The van der Waals surface area contributed by atoms with Gasteiger partial charge in [-0.05, 0) is 59.7 Å². The van der Waals surface area contributed by atoms with Crippen molar-refractivity contribution in [1.29, 1.82) is 0 Å². The van der Waals surface area contributed by atoms with Crippen LogP contribution in [0.25, 0.3) is 75.5 Å². The lowest BCUT2D eigenvalue weighted by Gasteiger charge is -2.16. The van der Waals surface area contributed by atoms with Crippen LogP contribution in [0.5, 0.6) is 5.75 Å². The Hall–Kier alpha value is -5.84. The third-order valence-electron chi connectivity index (χ3n) is 10.3. The molecule has 2 unspecified atom stereocenters. The molecule has 1 aliphatic heterocycles. The van der Waals surface area contributed by atoms with Crippen molar-refractivity contribution in [3.05, 3.63) is 163 Å². The minimum absolute atomic E-state index is 0.00767. The zero-order valence-corrected chi connectivity index (χ0v) is 26.7. The fourth-order valence-electron chi connectivity index (χ4n) is 8.23. The Morgan fingerprint density at radius 1 is 0.562 bits per heavy atom. The highest BCUT2D eigenvalue weighted by Crippen LogP contribution is 2.49. The largest absolute Gasteiger partial charge is 0.483 e. The highest BCUT2D eigenvalue weighted by molar-refractivity contribution is 7.25. The summed E-state index contributed by atoms with van der Waals surface area (Å²) in [6.45, 7) is 0. The lowest BCUT2D eigenvalue weighted by molar-refractivity contribution is 0.268. The first kappa shape index (κ1) is 26.3. The van der Waals surface area contributed by atoms with E-state index >= 15 is 0 Å². The van der Waals surface area contributed by atoms with Gasteiger partial charge in [-0.2, -0.15) is 0 Å². The van der Waals surface area contributed by atoms with E-state index in [0.717, 1.165) is 22.8 Å². The molecule has 9 aromatic rings. The Labute approximate surface area is 280 Å². The molecular formula is C44H28N2OS. The molecule has 0 bridgehead atoms. The molecular weight excluding hydrogens is 605 g/mol. The van der Waals surface area contributed by atoms with Crippen molar-refractivity contribution in [2.45, 2.75) is 12.0 Å². The van der Waals surface area contributed by atoms with E-state index in [1.807, 2.05) is 11.3 Å². The predicted octanol–water partition coefficient (Wildman–Crippen LogP) is 11.7. The second-order valence-corrected chi connectivity index (χ2v) is 13.9. The Balaban J connectivity index is 1.32. The number of ether oxygens (including phenoxy) is 1. The molecule has 0 amide bonds. The van der Waals surface area contributed by atoms with Gasteiger partial charge in [0.2, 0.25) is 0 Å². The summed E-state index contributed by atoms with van der Waals surface area (Å²) in [7, 11) is 0. The van der Waals surface area contributed by atoms with Gasteiger partial charge < -0.3 is 4.74 Å². The number of rotatable bonds is 3. The minimum Gasteiger partial charge on any atom is -0.483 e. The molecule has 4 heteroatoms. The monoisotopic (exact) mass is 632 g/mol. The van der Waals surface area contributed by atoms with Crippen LogP contribution in [0.3, 0.4) is 0 Å². The highest BCUT2D eigenvalue weighted by atomic mass is 32.1. The van der Waals surface area contributed by atoms with E-state index in [4.69, 9.17) is 4.74 Å². The average molecular weight is 633 g/mol. The normalized spacial score (nSPS) is 16.8. The van der Waals surface area contributed by atoms with Gasteiger partial charge in [-0.1, -0.05) is 109 Å². The maximum absolute atomic E-state index is 6.81. The van der Waals surface area contributed by atoms with Crippen LogP contribution in [0, 0.1) is 0 Å². The summed E-state index contributed by atoms with van der Waals surface area (Å²) < 4.78 is 14.4. The van der Waals surface area contributed by atoms with Gasteiger partial charge in [0, 0.05) is 53.5 Å². The van der Waals surface area contributed by atoms with Crippen molar-refractivity contribution in [3.63, 3.8) is 0 Å². The lowest BCUT2D eigenvalue weighted by atomic mass is 9.92. The summed E-state index contributed by atoms with van der Waals surface area (Å²) in [5.74, 6) is 1.18. The average Bonchev–Trinajstić information content (AvgIpc) is 3.89. The van der Waals surface area contributed by atoms with Crippen LogP contribution in [-0.2, 0) is 0 Å². The van der Waals surface area contributed by atoms with Gasteiger partial charge in [-0.3, -0.25) is 9.13 Å². The lowest BCUT2D eigenvalue weighted by Crippen LogP contribution is -2.15. The van der Waals surface area contributed by atoms with E-state index in [1.54, 1.807) is 0 Å². The first-order valence-corrected chi connectivity index (χ1v) is 17.3. The Morgan fingerprint density at radius 3 is 2.27 bits per heavy atom. The van der Waals surface area contributed by atoms with Crippen molar-refractivity contribution in [1.82, 2.24) is 9.13 Å².